The van der Waals surface area contributed by atoms with Crippen molar-refractivity contribution in [3.8, 4) is 0 Å². The number of aryl methyl sites for hydroxylation is 1. The monoisotopic (exact) mass is 370 g/mol. The molecule has 0 spiro atoms. The zero-order valence-corrected chi connectivity index (χ0v) is 15.6. The molecule has 0 radical (unpaired) electrons. The summed E-state index contributed by atoms with van der Waals surface area (Å²) in [6.07, 6.45) is -0.334. The fourth-order valence-electron chi connectivity index (χ4n) is 1.88. The molecular weight excluding hydrogens is 351 g/mol. The van der Waals surface area contributed by atoms with Crippen LogP contribution in [0.3, 0.4) is 0 Å². The molecule has 1 rings (SSSR count). The van der Waals surface area contributed by atoms with Crippen LogP contribution in [0.4, 0.5) is 0 Å². The average Bonchev–Trinajstić information content (AvgIpc) is 2.36. The molecule has 0 aliphatic carbocycles. The SMILES string of the molecule is CCOP(=O)(OC(C)C)c1cc(C)c(S(=O)(=O)OC)c(Cl)c1. The summed E-state index contributed by atoms with van der Waals surface area (Å²) in [6, 6.07) is 2.70. The number of hydrogen-bond donors (Lipinski definition) is 0. The van der Waals surface area contributed by atoms with Crippen molar-refractivity contribution in [1.82, 2.24) is 0 Å². The molecule has 1 unspecified atom stereocenters. The summed E-state index contributed by atoms with van der Waals surface area (Å²) in [4.78, 5) is -0.159. The maximum atomic E-state index is 12.9. The maximum absolute atomic E-state index is 12.9. The Kier molecular flexibility index (Phi) is 6.62. The molecule has 0 saturated heterocycles. The van der Waals surface area contributed by atoms with Gasteiger partial charge in [-0.1, -0.05) is 11.6 Å². The first-order chi connectivity index (χ1) is 10.1. The molecular formula is C13H20ClO6PS. The van der Waals surface area contributed by atoms with Gasteiger partial charge in [-0.2, -0.15) is 8.42 Å². The van der Waals surface area contributed by atoms with Crippen LogP contribution < -0.4 is 5.30 Å². The standard InChI is InChI=1S/C13H20ClO6PS/c1-6-19-21(15,20-9(2)3)11-7-10(4)13(12(14)8-11)22(16,17)18-5/h7-9H,6H2,1-5H3. The van der Waals surface area contributed by atoms with E-state index < -0.39 is 17.7 Å². The maximum Gasteiger partial charge on any atom is 0.361 e. The molecule has 0 amide bonds. The second kappa shape index (κ2) is 7.43. The molecule has 9 heteroatoms. The van der Waals surface area contributed by atoms with E-state index in [2.05, 4.69) is 4.18 Å². The Morgan fingerprint density at radius 2 is 1.91 bits per heavy atom. The smallest absolute Gasteiger partial charge is 0.305 e. The van der Waals surface area contributed by atoms with E-state index in [0.29, 0.717) is 5.56 Å². The van der Waals surface area contributed by atoms with Crippen LogP contribution in [0, 0.1) is 6.92 Å². The van der Waals surface area contributed by atoms with Crippen molar-refractivity contribution in [2.75, 3.05) is 13.7 Å². The molecule has 22 heavy (non-hydrogen) atoms. The van der Waals surface area contributed by atoms with Crippen molar-refractivity contribution in [3.05, 3.63) is 22.7 Å². The Bertz CT molecular complexity index is 663. The van der Waals surface area contributed by atoms with Crippen LogP contribution in [0.5, 0.6) is 0 Å². The van der Waals surface area contributed by atoms with Crippen LogP contribution in [0.15, 0.2) is 17.0 Å². The molecule has 0 heterocycles. The number of rotatable bonds is 7. The summed E-state index contributed by atoms with van der Waals surface area (Å²) in [5.74, 6) is 0. The summed E-state index contributed by atoms with van der Waals surface area (Å²) in [5, 5.41) is 0.115. The summed E-state index contributed by atoms with van der Waals surface area (Å²) in [7, 11) is -6.50. The normalized spacial score (nSPS) is 15.0. The third kappa shape index (κ3) is 4.31. The van der Waals surface area contributed by atoms with Crippen molar-refractivity contribution >= 4 is 34.6 Å². The fraction of sp³-hybridized carbons (Fsp3) is 0.538. The van der Waals surface area contributed by atoms with Crippen LogP contribution in [0.2, 0.25) is 5.02 Å². The molecule has 6 nitrogen and oxygen atoms in total. The summed E-state index contributed by atoms with van der Waals surface area (Å²) in [5.41, 5.74) is 0.302. The molecule has 126 valence electrons. The van der Waals surface area contributed by atoms with Gasteiger partial charge in [-0.05, 0) is 45.4 Å². The van der Waals surface area contributed by atoms with E-state index in [4.69, 9.17) is 20.6 Å². The van der Waals surface area contributed by atoms with Crippen molar-refractivity contribution < 1.29 is 26.2 Å². The highest BCUT2D eigenvalue weighted by Crippen LogP contribution is 2.49. The van der Waals surface area contributed by atoms with Gasteiger partial charge in [-0.3, -0.25) is 8.75 Å². The first-order valence-electron chi connectivity index (χ1n) is 6.61. The van der Waals surface area contributed by atoms with Crippen LogP contribution >= 0.6 is 19.2 Å². The van der Waals surface area contributed by atoms with Crippen molar-refractivity contribution in [3.63, 3.8) is 0 Å². The van der Waals surface area contributed by atoms with Crippen molar-refractivity contribution in [2.45, 2.75) is 38.7 Å². The largest absolute Gasteiger partial charge is 0.361 e. The van der Waals surface area contributed by atoms with E-state index in [1.165, 1.54) is 19.1 Å². The predicted octanol–water partition coefficient (Wildman–Crippen LogP) is 3.26. The minimum absolute atomic E-state index is 0.0934. The Morgan fingerprint density at radius 1 is 1.32 bits per heavy atom. The highest BCUT2D eigenvalue weighted by Gasteiger charge is 2.31. The number of halogens is 1. The highest BCUT2D eigenvalue weighted by molar-refractivity contribution is 7.87. The van der Waals surface area contributed by atoms with E-state index in [0.717, 1.165) is 7.11 Å². The lowest BCUT2D eigenvalue weighted by atomic mass is 10.2. The van der Waals surface area contributed by atoms with Gasteiger partial charge in [0, 0.05) is 0 Å². The second-order valence-corrected chi connectivity index (χ2v) is 8.80. The van der Waals surface area contributed by atoms with Crippen LogP contribution in [0.25, 0.3) is 0 Å². The van der Waals surface area contributed by atoms with Gasteiger partial charge in [0.25, 0.3) is 10.1 Å². The Balaban J connectivity index is 3.48. The van der Waals surface area contributed by atoms with Crippen molar-refractivity contribution in [2.24, 2.45) is 0 Å². The van der Waals surface area contributed by atoms with Crippen LogP contribution in [0.1, 0.15) is 26.3 Å². The first kappa shape index (κ1) is 19.6. The zero-order chi connectivity index (χ0) is 17.1. The first-order valence-corrected chi connectivity index (χ1v) is 9.94. The minimum atomic E-state index is -3.96. The Hall–Kier alpha value is -0.430. The topological polar surface area (TPSA) is 78.9 Å². The fourth-order valence-corrected chi connectivity index (χ4v) is 5.29. The van der Waals surface area contributed by atoms with Gasteiger partial charge in [-0.25, -0.2) is 0 Å². The molecule has 0 fully saturated rings. The van der Waals surface area contributed by atoms with E-state index in [-0.39, 0.29) is 27.9 Å². The third-order valence-electron chi connectivity index (χ3n) is 2.65. The van der Waals surface area contributed by atoms with Crippen LogP contribution in [-0.2, 0) is 27.9 Å². The molecule has 0 N–H and O–H groups in total. The van der Waals surface area contributed by atoms with Gasteiger partial charge in [0.2, 0.25) is 0 Å². The van der Waals surface area contributed by atoms with Crippen molar-refractivity contribution in [1.29, 1.82) is 0 Å². The molecule has 0 aliphatic rings. The molecule has 1 aromatic carbocycles. The van der Waals surface area contributed by atoms with Gasteiger partial charge in [-0.15, -0.1) is 0 Å². The van der Waals surface area contributed by atoms with Gasteiger partial charge in [0.15, 0.2) is 0 Å². The molecule has 0 aliphatic heterocycles. The average molecular weight is 371 g/mol. The van der Waals surface area contributed by atoms with Crippen LogP contribution in [-0.4, -0.2) is 28.2 Å². The summed E-state index contributed by atoms with van der Waals surface area (Å²) < 4.78 is 51.8. The third-order valence-corrected chi connectivity index (χ3v) is 6.73. The summed E-state index contributed by atoms with van der Waals surface area (Å²) >= 11 is 6.05. The molecule has 0 saturated carbocycles. The van der Waals surface area contributed by atoms with E-state index in [1.54, 1.807) is 20.8 Å². The van der Waals surface area contributed by atoms with Gasteiger partial charge in [0.05, 0.1) is 30.1 Å². The Labute approximate surface area is 136 Å². The van der Waals surface area contributed by atoms with Gasteiger partial charge in [0.1, 0.15) is 4.90 Å². The number of hydrogen-bond acceptors (Lipinski definition) is 6. The van der Waals surface area contributed by atoms with E-state index in [9.17, 15) is 13.0 Å². The molecule has 1 atom stereocenters. The highest BCUT2D eigenvalue weighted by atomic mass is 35.5. The minimum Gasteiger partial charge on any atom is -0.305 e. The quantitative estimate of drug-likeness (QED) is 0.541. The van der Waals surface area contributed by atoms with Gasteiger partial charge >= 0.3 is 7.60 Å². The zero-order valence-electron chi connectivity index (χ0n) is 13.1. The Morgan fingerprint density at radius 3 is 2.32 bits per heavy atom. The van der Waals surface area contributed by atoms with Gasteiger partial charge < -0.3 is 9.05 Å². The summed E-state index contributed by atoms with van der Waals surface area (Å²) in [6.45, 7) is 6.86. The molecule has 0 bridgehead atoms. The lowest BCUT2D eigenvalue weighted by molar-refractivity contribution is 0.181. The predicted molar refractivity (Wildman–Crippen MR) is 85.5 cm³/mol. The number of benzene rings is 1. The molecule has 1 aromatic rings. The molecule has 0 aromatic heterocycles. The lowest BCUT2D eigenvalue weighted by Crippen LogP contribution is -2.16. The van der Waals surface area contributed by atoms with E-state index >= 15 is 0 Å². The lowest BCUT2D eigenvalue weighted by Gasteiger charge is -2.21. The van der Waals surface area contributed by atoms with E-state index in [1.807, 2.05) is 0 Å². The second-order valence-electron chi connectivity index (χ2n) is 4.76.